The van der Waals surface area contributed by atoms with E-state index in [-0.39, 0.29) is 12.1 Å². The van der Waals surface area contributed by atoms with Crippen LogP contribution in [-0.4, -0.2) is 11.0 Å². The lowest BCUT2D eigenvalue weighted by Gasteiger charge is -2.13. The van der Waals surface area contributed by atoms with Crippen LogP contribution in [0.25, 0.3) is 0 Å². The zero-order valence-electron chi connectivity index (χ0n) is 7.86. The Labute approximate surface area is 77.8 Å². The molecule has 0 saturated carbocycles. The van der Waals surface area contributed by atoms with Crippen molar-refractivity contribution in [2.45, 2.75) is 26.4 Å². The van der Waals surface area contributed by atoms with Crippen molar-refractivity contribution in [3.05, 3.63) is 30.1 Å². The molecule has 1 aromatic rings. The summed E-state index contributed by atoms with van der Waals surface area (Å²) in [4.78, 5) is 14.9. The SMILES string of the molecule is CCC(OC(C)=O)c1ccccn1. The maximum Gasteiger partial charge on any atom is 0.303 e. The molecule has 0 bridgehead atoms. The van der Waals surface area contributed by atoms with E-state index in [0.29, 0.717) is 0 Å². The Balaban J connectivity index is 2.73. The van der Waals surface area contributed by atoms with Crippen LogP contribution in [0, 0.1) is 0 Å². The lowest BCUT2D eigenvalue weighted by Crippen LogP contribution is -2.08. The smallest absolute Gasteiger partial charge is 0.303 e. The van der Waals surface area contributed by atoms with E-state index < -0.39 is 0 Å². The first-order chi connectivity index (χ1) is 6.24. The fourth-order valence-electron chi connectivity index (χ4n) is 1.12. The van der Waals surface area contributed by atoms with E-state index in [0.717, 1.165) is 12.1 Å². The predicted molar refractivity (Wildman–Crippen MR) is 49.0 cm³/mol. The number of aromatic nitrogens is 1. The minimum atomic E-state index is -0.266. The molecule has 1 aromatic heterocycles. The van der Waals surface area contributed by atoms with E-state index in [9.17, 15) is 4.79 Å². The van der Waals surface area contributed by atoms with Gasteiger partial charge in [0.1, 0.15) is 6.10 Å². The molecule has 1 atom stereocenters. The van der Waals surface area contributed by atoms with Crippen LogP contribution in [0.1, 0.15) is 32.1 Å². The molecular weight excluding hydrogens is 166 g/mol. The molecule has 3 nitrogen and oxygen atoms in total. The number of hydrogen-bond donors (Lipinski definition) is 0. The van der Waals surface area contributed by atoms with Crippen LogP contribution < -0.4 is 0 Å². The molecule has 0 amide bonds. The third-order valence-electron chi connectivity index (χ3n) is 1.70. The summed E-state index contributed by atoms with van der Waals surface area (Å²) in [5.74, 6) is -0.266. The number of esters is 1. The number of carbonyl (C=O) groups is 1. The lowest BCUT2D eigenvalue weighted by atomic mass is 10.2. The van der Waals surface area contributed by atoms with E-state index >= 15 is 0 Å². The van der Waals surface area contributed by atoms with Crippen LogP contribution in [0.3, 0.4) is 0 Å². The molecule has 1 heterocycles. The van der Waals surface area contributed by atoms with Gasteiger partial charge in [-0.2, -0.15) is 0 Å². The topological polar surface area (TPSA) is 39.2 Å². The third-order valence-corrected chi connectivity index (χ3v) is 1.70. The van der Waals surface area contributed by atoms with Gasteiger partial charge >= 0.3 is 5.97 Å². The van der Waals surface area contributed by atoms with Gasteiger partial charge in [0, 0.05) is 13.1 Å². The number of rotatable bonds is 3. The second-order valence-electron chi connectivity index (χ2n) is 2.76. The number of ether oxygens (including phenoxy) is 1. The standard InChI is InChI=1S/C10H13NO2/c1-3-10(13-8(2)12)9-6-4-5-7-11-9/h4-7,10H,3H2,1-2H3. The van der Waals surface area contributed by atoms with E-state index in [4.69, 9.17) is 4.74 Å². The van der Waals surface area contributed by atoms with Gasteiger partial charge in [-0.25, -0.2) is 0 Å². The number of carbonyl (C=O) groups excluding carboxylic acids is 1. The van der Waals surface area contributed by atoms with Crippen LogP contribution in [-0.2, 0) is 9.53 Å². The fourth-order valence-corrected chi connectivity index (χ4v) is 1.12. The summed E-state index contributed by atoms with van der Waals surface area (Å²) in [5.41, 5.74) is 0.806. The monoisotopic (exact) mass is 179 g/mol. The van der Waals surface area contributed by atoms with E-state index in [2.05, 4.69) is 4.98 Å². The Morgan fingerprint density at radius 3 is 2.85 bits per heavy atom. The normalized spacial score (nSPS) is 12.2. The summed E-state index contributed by atoms with van der Waals surface area (Å²) < 4.78 is 5.08. The zero-order valence-corrected chi connectivity index (χ0v) is 7.86. The van der Waals surface area contributed by atoms with Gasteiger partial charge in [0.25, 0.3) is 0 Å². The van der Waals surface area contributed by atoms with Crippen molar-refractivity contribution in [2.75, 3.05) is 0 Å². The number of pyridine rings is 1. The second-order valence-corrected chi connectivity index (χ2v) is 2.76. The summed E-state index contributed by atoms with van der Waals surface area (Å²) in [5, 5.41) is 0. The van der Waals surface area contributed by atoms with E-state index in [1.807, 2.05) is 25.1 Å². The summed E-state index contributed by atoms with van der Waals surface area (Å²) in [6, 6.07) is 5.58. The Morgan fingerprint density at radius 1 is 1.62 bits per heavy atom. The summed E-state index contributed by atoms with van der Waals surface area (Å²) in [7, 11) is 0. The maximum atomic E-state index is 10.7. The predicted octanol–water partition coefficient (Wildman–Crippen LogP) is 2.10. The van der Waals surface area contributed by atoms with Crippen molar-refractivity contribution in [3.8, 4) is 0 Å². The van der Waals surface area contributed by atoms with Crippen LogP contribution >= 0.6 is 0 Å². The van der Waals surface area contributed by atoms with Gasteiger partial charge in [0.2, 0.25) is 0 Å². The largest absolute Gasteiger partial charge is 0.456 e. The molecule has 0 saturated heterocycles. The molecule has 0 radical (unpaired) electrons. The highest BCUT2D eigenvalue weighted by Gasteiger charge is 2.12. The summed E-state index contributed by atoms with van der Waals surface area (Å²) >= 11 is 0. The molecule has 0 spiro atoms. The molecule has 0 aliphatic rings. The van der Waals surface area contributed by atoms with Crippen molar-refractivity contribution >= 4 is 5.97 Å². The van der Waals surface area contributed by atoms with Crippen LogP contribution in [0.5, 0.6) is 0 Å². The van der Waals surface area contributed by atoms with Gasteiger partial charge in [-0.15, -0.1) is 0 Å². The van der Waals surface area contributed by atoms with Gasteiger partial charge in [-0.1, -0.05) is 13.0 Å². The van der Waals surface area contributed by atoms with Crippen molar-refractivity contribution in [1.29, 1.82) is 0 Å². The highest BCUT2D eigenvalue weighted by molar-refractivity contribution is 5.66. The molecule has 0 aliphatic carbocycles. The molecular formula is C10H13NO2. The first-order valence-corrected chi connectivity index (χ1v) is 4.32. The fraction of sp³-hybridized carbons (Fsp3) is 0.400. The van der Waals surface area contributed by atoms with E-state index in [1.165, 1.54) is 6.92 Å². The van der Waals surface area contributed by atoms with Crippen molar-refractivity contribution in [1.82, 2.24) is 4.98 Å². The average molecular weight is 179 g/mol. The molecule has 1 unspecified atom stereocenters. The molecule has 0 fully saturated rings. The summed E-state index contributed by atoms with van der Waals surface area (Å²) in [6.07, 6.45) is 2.23. The highest BCUT2D eigenvalue weighted by Crippen LogP contribution is 2.17. The van der Waals surface area contributed by atoms with Gasteiger partial charge in [0.15, 0.2) is 0 Å². The van der Waals surface area contributed by atoms with Crippen molar-refractivity contribution in [2.24, 2.45) is 0 Å². The quantitative estimate of drug-likeness (QED) is 0.667. The molecule has 0 aliphatic heterocycles. The Morgan fingerprint density at radius 2 is 2.38 bits per heavy atom. The Hall–Kier alpha value is -1.38. The van der Waals surface area contributed by atoms with Gasteiger partial charge < -0.3 is 4.74 Å². The van der Waals surface area contributed by atoms with Crippen LogP contribution in [0.2, 0.25) is 0 Å². The van der Waals surface area contributed by atoms with Gasteiger partial charge in [-0.3, -0.25) is 9.78 Å². The maximum absolute atomic E-state index is 10.7. The highest BCUT2D eigenvalue weighted by atomic mass is 16.5. The molecule has 70 valence electrons. The number of nitrogens with zero attached hydrogens (tertiary/aromatic N) is 1. The van der Waals surface area contributed by atoms with E-state index in [1.54, 1.807) is 6.20 Å². The first-order valence-electron chi connectivity index (χ1n) is 4.32. The third kappa shape index (κ3) is 2.86. The minimum absolute atomic E-state index is 0.210. The minimum Gasteiger partial charge on any atom is -0.456 e. The van der Waals surface area contributed by atoms with Crippen molar-refractivity contribution in [3.63, 3.8) is 0 Å². The average Bonchev–Trinajstić information content (AvgIpc) is 2.15. The molecule has 0 aromatic carbocycles. The van der Waals surface area contributed by atoms with Gasteiger partial charge in [-0.05, 0) is 18.6 Å². The number of hydrogen-bond acceptors (Lipinski definition) is 3. The summed E-state index contributed by atoms with van der Waals surface area (Å²) in [6.45, 7) is 3.37. The molecule has 13 heavy (non-hydrogen) atoms. The molecule has 1 rings (SSSR count). The molecule has 0 N–H and O–H groups in total. The Bertz CT molecular complexity index is 272. The molecule has 3 heteroatoms. The first kappa shape index (κ1) is 9.71. The lowest BCUT2D eigenvalue weighted by molar-refractivity contribution is -0.147. The van der Waals surface area contributed by atoms with Gasteiger partial charge in [0.05, 0.1) is 5.69 Å². The van der Waals surface area contributed by atoms with Crippen LogP contribution in [0.4, 0.5) is 0 Å². The van der Waals surface area contributed by atoms with Crippen LogP contribution in [0.15, 0.2) is 24.4 Å². The van der Waals surface area contributed by atoms with Crippen molar-refractivity contribution < 1.29 is 9.53 Å². The second kappa shape index (κ2) is 4.60. The zero-order chi connectivity index (χ0) is 9.68. The Kier molecular flexibility index (Phi) is 3.43.